The summed E-state index contributed by atoms with van der Waals surface area (Å²) < 4.78 is 31.9. The summed E-state index contributed by atoms with van der Waals surface area (Å²) >= 11 is 1.26. The number of rotatable bonds is 8. The highest BCUT2D eigenvalue weighted by atomic mass is 32.2. The van der Waals surface area contributed by atoms with Gasteiger partial charge in [0.2, 0.25) is 10.0 Å². The molecule has 1 N–H and O–H groups in total. The van der Waals surface area contributed by atoms with E-state index >= 15 is 0 Å². The summed E-state index contributed by atoms with van der Waals surface area (Å²) in [7, 11) is -0.358. The molecule has 2 aromatic rings. The number of fused-ring (bicyclic) bond motifs is 1. The molecule has 12 heteroatoms. The second-order valence-electron chi connectivity index (χ2n) is 8.35. The molecule has 3 rings (SSSR count). The molecule has 1 aromatic carbocycles. The summed E-state index contributed by atoms with van der Waals surface area (Å²) in [6, 6.07) is 5.72. The number of nitrogens with zero attached hydrogens (tertiary/aromatic N) is 3. The third kappa shape index (κ3) is 5.55. The van der Waals surface area contributed by atoms with Crippen molar-refractivity contribution in [2.45, 2.75) is 38.6 Å². The lowest BCUT2D eigenvalue weighted by atomic mass is 10.0. The topological polar surface area (TPSA) is 116 Å². The predicted octanol–water partition coefficient (Wildman–Crippen LogP) is 3.25. The van der Waals surface area contributed by atoms with Gasteiger partial charge in [0, 0.05) is 44.2 Å². The van der Waals surface area contributed by atoms with Crippen LogP contribution in [0.25, 0.3) is 0 Å². The van der Waals surface area contributed by atoms with Gasteiger partial charge in [-0.15, -0.1) is 11.3 Å². The van der Waals surface area contributed by atoms with Gasteiger partial charge in [0.15, 0.2) is 0 Å². The van der Waals surface area contributed by atoms with Gasteiger partial charge in [-0.3, -0.25) is 9.59 Å². The number of hydrogen-bond donors (Lipinski definition) is 1. The van der Waals surface area contributed by atoms with Gasteiger partial charge >= 0.3 is 6.09 Å². The summed E-state index contributed by atoms with van der Waals surface area (Å²) in [5.41, 5.74) is 1.49. The number of anilines is 1. The summed E-state index contributed by atoms with van der Waals surface area (Å²) in [4.78, 5) is 42.2. The summed E-state index contributed by atoms with van der Waals surface area (Å²) in [6.07, 6.45) is 0.0512. The molecule has 0 unspecified atom stereocenters. The van der Waals surface area contributed by atoms with Crippen LogP contribution in [-0.2, 0) is 27.7 Å². The van der Waals surface area contributed by atoms with Crippen molar-refractivity contribution in [3.05, 3.63) is 45.8 Å². The average Bonchev–Trinajstić information content (AvgIpc) is 3.21. The maximum Gasteiger partial charge on any atom is 0.410 e. The van der Waals surface area contributed by atoms with Crippen molar-refractivity contribution in [3.8, 4) is 0 Å². The van der Waals surface area contributed by atoms with E-state index in [0.717, 1.165) is 10.4 Å². The van der Waals surface area contributed by atoms with Crippen LogP contribution in [0.15, 0.2) is 29.2 Å². The highest BCUT2D eigenvalue weighted by molar-refractivity contribution is 7.89. The lowest BCUT2D eigenvalue weighted by Gasteiger charge is -2.26. The highest BCUT2D eigenvalue weighted by Gasteiger charge is 2.31. The molecule has 1 aliphatic rings. The lowest BCUT2D eigenvalue weighted by molar-refractivity contribution is 0.0827. The standard InChI is InChI=1S/C24H32N4O6S2/c1-6-28(7-2)36(32,33)17-11-9-16(10-12-17)21(29)25-22-20(23(30)26(4)5)18-13-14-27(15-19(18)35-22)24(31)34-8-3/h9-12H,6-8,13-15H2,1-5H3,(H,25,29). The molecule has 0 saturated carbocycles. The first kappa shape index (κ1) is 27.6. The number of benzene rings is 1. The van der Waals surface area contributed by atoms with Gasteiger partial charge in [-0.05, 0) is 43.2 Å². The molecule has 1 aliphatic heterocycles. The second kappa shape index (κ2) is 11.4. The zero-order chi connectivity index (χ0) is 26.6. The molecule has 0 aliphatic carbocycles. The number of nitrogens with one attached hydrogen (secondary N) is 1. The molecule has 0 spiro atoms. The van der Waals surface area contributed by atoms with Crippen LogP contribution < -0.4 is 5.32 Å². The van der Waals surface area contributed by atoms with E-state index in [1.54, 1.807) is 39.8 Å². The van der Waals surface area contributed by atoms with E-state index in [4.69, 9.17) is 4.74 Å². The smallest absolute Gasteiger partial charge is 0.410 e. The molecule has 196 valence electrons. The van der Waals surface area contributed by atoms with E-state index in [1.165, 1.54) is 44.8 Å². The number of carbonyl (C=O) groups is 3. The zero-order valence-corrected chi connectivity index (χ0v) is 22.8. The Hall–Kier alpha value is -2.96. The molecule has 36 heavy (non-hydrogen) atoms. The number of hydrogen-bond acceptors (Lipinski definition) is 7. The van der Waals surface area contributed by atoms with E-state index in [2.05, 4.69) is 5.32 Å². The number of amides is 3. The Labute approximate surface area is 215 Å². The maximum atomic E-state index is 13.1. The molecule has 3 amide bonds. The number of carbonyl (C=O) groups excluding carboxylic acids is 3. The first-order chi connectivity index (χ1) is 17.0. The monoisotopic (exact) mass is 536 g/mol. The van der Waals surface area contributed by atoms with Gasteiger partial charge < -0.3 is 19.9 Å². The minimum absolute atomic E-state index is 0.108. The Morgan fingerprint density at radius 2 is 1.72 bits per heavy atom. The van der Waals surface area contributed by atoms with Crippen molar-refractivity contribution in [2.24, 2.45) is 0 Å². The first-order valence-electron chi connectivity index (χ1n) is 11.7. The second-order valence-corrected chi connectivity index (χ2v) is 11.4. The zero-order valence-electron chi connectivity index (χ0n) is 21.2. The van der Waals surface area contributed by atoms with E-state index in [9.17, 15) is 22.8 Å². The van der Waals surface area contributed by atoms with Gasteiger partial charge in [0.05, 0.1) is 23.6 Å². The predicted molar refractivity (Wildman–Crippen MR) is 138 cm³/mol. The van der Waals surface area contributed by atoms with E-state index in [-0.39, 0.29) is 23.0 Å². The van der Waals surface area contributed by atoms with Crippen molar-refractivity contribution >= 4 is 44.3 Å². The normalized spacial score (nSPS) is 13.3. The Morgan fingerprint density at radius 1 is 1.08 bits per heavy atom. The molecule has 2 heterocycles. The number of ether oxygens (including phenoxy) is 1. The number of thiophene rings is 1. The molecular weight excluding hydrogens is 504 g/mol. The molecule has 10 nitrogen and oxygen atoms in total. The molecule has 0 atom stereocenters. The van der Waals surface area contributed by atoms with Crippen LogP contribution in [0, 0.1) is 0 Å². The van der Waals surface area contributed by atoms with Gasteiger partial charge in [-0.1, -0.05) is 13.8 Å². The molecule has 0 radical (unpaired) electrons. The van der Waals surface area contributed by atoms with Crippen molar-refractivity contribution in [3.63, 3.8) is 0 Å². The number of sulfonamides is 1. The van der Waals surface area contributed by atoms with Gasteiger partial charge in [-0.25, -0.2) is 13.2 Å². The summed E-state index contributed by atoms with van der Waals surface area (Å²) in [5.74, 6) is -0.705. The van der Waals surface area contributed by atoms with E-state index in [1.807, 2.05) is 0 Å². The Bertz CT molecular complexity index is 1230. The van der Waals surface area contributed by atoms with Crippen LogP contribution >= 0.6 is 11.3 Å². The van der Waals surface area contributed by atoms with Crippen LogP contribution in [0.3, 0.4) is 0 Å². The Kier molecular flexibility index (Phi) is 8.75. The fraction of sp³-hybridized carbons (Fsp3) is 0.458. The van der Waals surface area contributed by atoms with Crippen LogP contribution in [-0.4, -0.2) is 80.8 Å². The highest BCUT2D eigenvalue weighted by Crippen LogP contribution is 2.38. The van der Waals surface area contributed by atoms with Crippen molar-refractivity contribution in [1.29, 1.82) is 0 Å². The minimum atomic E-state index is -3.64. The maximum absolute atomic E-state index is 13.1. The van der Waals surface area contributed by atoms with Crippen LogP contribution in [0.5, 0.6) is 0 Å². The van der Waals surface area contributed by atoms with Gasteiger partial charge in [-0.2, -0.15) is 4.31 Å². The third-order valence-corrected chi connectivity index (χ3v) is 9.09. The fourth-order valence-corrected chi connectivity index (χ4v) is 6.69. The summed E-state index contributed by atoms with van der Waals surface area (Å²) in [6.45, 7) is 6.94. The van der Waals surface area contributed by atoms with Crippen molar-refractivity contribution in [2.75, 3.05) is 45.7 Å². The van der Waals surface area contributed by atoms with Gasteiger partial charge in [0.1, 0.15) is 5.00 Å². The van der Waals surface area contributed by atoms with Crippen LogP contribution in [0.4, 0.5) is 9.80 Å². The quantitative estimate of drug-likeness (QED) is 0.554. The molecule has 1 aromatic heterocycles. The third-order valence-electron chi connectivity index (χ3n) is 5.89. The van der Waals surface area contributed by atoms with Crippen molar-refractivity contribution < 1.29 is 27.5 Å². The summed E-state index contributed by atoms with van der Waals surface area (Å²) in [5, 5.41) is 3.23. The average molecular weight is 537 g/mol. The Balaban J connectivity index is 1.88. The largest absolute Gasteiger partial charge is 0.450 e. The van der Waals surface area contributed by atoms with Gasteiger partial charge in [0.25, 0.3) is 11.8 Å². The minimum Gasteiger partial charge on any atom is -0.450 e. The van der Waals surface area contributed by atoms with E-state index in [0.29, 0.717) is 43.2 Å². The van der Waals surface area contributed by atoms with Crippen LogP contribution in [0.2, 0.25) is 0 Å². The SMILES string of the molecule is CCOC(=O)N1CCc2c(sc(NC(=O)c3ccc(S(=O)(=O)N(CC)CC)cc3)c2C(=O)N(C)C)C1. The van der Waals surface area contributed by atoms with Crippen molar-refractivity contribution in [1.82, 2.24) is 14.1 Å². The molecule has 0 fully saturated rings. The molecule has 0 saturated heterocycles. The molecular formula is C24H32N4O6S2. The van der Waals surface area contributed by atoms with Crippen LogP contribution in [0.1, 0.15) is 51.9 Å². The van der Waals surface area contributed by atoms with E-state index < -0.39 is 22.0 Å². The first-order valence-corrected chi connectivity index (χ1v) is 14.0. The molecule has 0 bridgehead atoms. The Morgan fingerprint density at radius 3 is 2.28 bits per heavy atom. The lowest BCUT2D eigenvalue weighted by Crippen LogP contribution is -2.36. The fourth-order valence-electron chi connectivity index (χ4n) is 3.98.